The van der Waals surface area contributed by atoms with E-state index in [2.05, 4.69) is 15.7 Å². The van der Waals surface area contributed by atoms with Crippen molar-refractivity contribution in [1.82, 2.24) is 9.78 Å². The monoisotopic (exact) mass is 360 g/mol. The summed E-state index contributed by atoms with van der Waals surface area (Å²) in [6, 6.07) is 15.6. The van der Waals surface area contributed by atoms with Crippen molar-refractivity contribution >= 4 is 23.2 Å². The number of benzene rings is 2. The van der Waals surface area contributed by atoms with E-state index in [0.29, 0.717) is 12.1 Å². The van der Waals surface area contributed by atoms with Crippen molar-refractivity contribution in [1.29, 1.82) is 0 Å². The lowest BCUT2D eigenvalue weighted by atomic mass is 10.0. The van der Waals surface area contributed by atoms with Gasteiger partial charge in [0.15, 0.2) is 0 Å². The fourth-order valence-corrected chi connectivity index (χ4v) is 3.38. The highest BCUT2D eigenvalue weighted by atomic mass is 16.2. The number of aryl methyl sites for hydroxylation is 2. The van der Waals surface area contributed by atoms with Crippen LogP contribution < -0.4 is 10.6 Å². The third-order valence-electron chi connectivity index (χ3n) is 4.63. The quantitative estimate of drug-likeness (QED) is 0.751. The van der Waals surface area contributed by atoms with E-state index >= 15 is 0 Å². The second-order valence-electron chi connectivity index (χ2n) is 6.84. The van der Waals surface area contributed by atoms with Gasteiger partial charge in [0.1, 0.15) is 5.69 Å². The van der Waals surface area contributed by atoms with E-state index in [1.54, 1.807) is 17.8 Å². The number of hydrogen-bond acceptors (Lipinski definition) is 3. The molecule has 0 atom stereocenters. The number of carbonyl (C=O) groups excluding carboxylic acids is 2. The van der Waals surface area contributed by atoms with Gasteiger partial charge in [-0.05, 0) is 54.3 Å². The van der Waals surface area contributed by atoms with Gasteiger partial charge in [-0.3, -0.25) is 14.3 Å². The molecule has 0 saturated heterocycles. The molecule has 2 N–H and O–H groups in total. The molecule has 6 heteroatoms. The number of aromatic nitrogens is 2. The van der Waals surface area contributed by atoms with Crippen LogP contribution in [0.2, 0.25) is 0 Å². The van der Waals surface area contributed by atoms with Crippen LogP contribution in [0.15, 0.2) is 48.5 Å². The molecule has 0 unspecified atom stereocenters. The topological polar surface area (TPSA) is 76.0 Å². The Kier molecular flexibility index (Phi) is 4.24. The molecule has 0 radical (unpaired) electrons. The molecule has 2 amide bonds. The first-order chi connectivity index (χ1) is 13.0. The van der Waals surface area contributed by atoms with Gasteiger partial charge in [0.05, 0.1) is 12.1 Å². The van der Waals surface area contributed by atoms with Gasteiger partial charge in [-0.15, -0.1) is 0 Å². The second kappa shape index (κ2) is 6.72. The molecule has 0 fully saturated rings. The lowest BCUT2D eigenvalue weighted by Gasteiger charge is -2.09. The minimum absolute atomic E-state index is 0.0391. The van der Waals surface area contributed by atoms with Crippen molar-refractivity contribution in [2.24, 2.45) is 7.05 Å². The number of fused-ring (bicyclic) bond motifs is 1. The average Bonchev–Trinajstić information content (AvgIpc) is 3.15. The molecule has 1 aliphatic rings. The van der Waals surface area contributed by atoms with Gasteiger partial charge in [-0.25, -0.2) is 0 Å². The Balaban J connectivity index is 1.50. The Labute approximate surface area is 157 Å². The zero-order chi connectivity index (χ0) is 19.0. The Hall–Kier alpha value is -3.41. The number of hydrogen-bond donors (Lipinski definition) is 2. The van der Waals surface area contributed by atoms with E-state index in [1.165, 1.54) is 0 Å². The summed E-state index contributed by atoms with van der Waals surface area (Å²) in [6.07, 6.45) is 1.17. The summed E-state index contributed by atoms with van der Waals surface area (Å²) in [4.78, 5) is 24.0. The highest BCUT2D eigenvalue weighted by molar-refractivity contribution is 6.03. The highest BCUT2D eigenvalue weighted by Gasteiger charge is 2.17. The molecule has 0 aliphatic carbocycles. The van der Waals surface area contributed by atoms with Gasteiger partial charge in [0.25, 0.3) is 5.91 Å². The fourth-order valence-electron chi connectivity index (χ4n) is 3.38. The van der Waals surface area contributed by atoms with E-state index in [9.17, 15) is 9.59 Å². The molecular weight excluding hydrogens is 340 g/mol. The molecule has 4 rings (SSSR count). The maximum atomic E-state index is 12.5. The van der Waals surface area contributed by atoms with Crippen LogP contribution in [0.4, 0.5) is 11.4 Å². The molecule has 0 bridgehead atoms. The first kappa shape index (κ1) is 17.0. The predicted molar refractivity (Wildman–Crippen MR) is 104 cm³/mol. The van der Waals surface area contributed by atoms with Gasteiger partial charge in [0, 0.05) is 18.4 Å². The number of rotatable bonds is 4. The van der Waals surface area contributed by atoms with Crippen LogP contribution in [-0.4, -0.2) is 21.6 Å². The van der Waals surface area contributed by atoms with Gasteiger partial charge in [-0.2, -0.15) is 5.10 Å². The molecule has 27 heavy (non-hydrogen) atoms. The predicted octanol–water partition coefficient (Wildman–Crippen LogP) is 3.07. The van der Waals surface area contributed by atoms with E-state index < -0.39 is 0 Å². The van der Waals surface area contributed by atoms with Crippen molar-refractivity contribution in [2.45, 2.75) is 19.8 Å². The van der Waals surface area contributed by atoms with Crippen molar-refractivity contribution in [3.63, 3.8) is 0 Å². The van der Waals surface area contributed by atoms with Crippen molar-refractivity contribution < 1.29 is 9.59 Å². The van der Waals surface area contributed by atoms with Gasteiger partial charge in [0.2, 0.25) is 5.91 Å². The SMILES string of the molecule is Cc1cc(C(=O)Nc2cccc(Cc3ccc4c(c3)NC(=O)C4)c2)n(C)n1. The van der Waals surface area contributed by atoms with Gasteiger partial charge in [-0.1, -0.05) is 24.3 Å². The smallest absolute Gasteiger partial charge is 0.273 e. The summed E-state index contributed by atoms with van der Waals surface area (Å²) in [5.41, 5.74) is 6.20. The standard InChI is InChI=1S/C21H20N4O2/c1-13-8-19(25(2)24-13)21(27)22-17-5-3-4-14(10-17)9-15-6-7-16-12-20(26)23-18(16)11-15/h3-8,10-11H,9,12H2,1-2H3,(H,22,27)(H,23,26). The molecule has 3 aromatic rings. The minimum Gasteiger partial charge on any atom is -0.326 e. The normalized spacial score (nSPS) is 12.6. The Bertz CT molecular complexity index is 1050. The first-order valence-corrected chi connectivity index (χ1v) is 8.80. The number of nitrogens with one attached hydrogen (secondary N) is 2. The summed E-state index contributed by atoms with van der Waals surface area (Å²) in [5, 5.41) is 10.0. The number of nitrogens with zero attached hydrogens (tertiary/aromatic N) is 2. The molecule has 136 valence electrons. The lowest BCUT2D eigenvalue weighted by molar-refractivity contribution is -0.115. The Morgan fingerprint density at radius 1 is 1.19 bits per heavy atom. The number of amides is 2. The summed E-state index contributed by atoms with van der Waals surface area (Å²) >= 11 is 0. The largest absolute Gasteiger partial charge is 0.326 e. The van der Waals surface area contributed by atoms with Crippen molar-refractivity contribution in [2.75, 3.05) is 10.6 Å². The average molecular weight is 360 g/mol. The molecule has 0 saturated carbocycles. The van der Waals surface area contributed by atoms with Gasteiger partial charge >= 0.3 is 0 Å². The third-order valence-corrected chi connectivity index (χ3v) is 4.63. The van der Waals surface area contributed by atoms with Crippen LogP contribution in [0.25, 0.3) is 0 Å². The maximum Gasteiger partial charge on any atom is 0.273 e. The summed E-state index contributed by atoms with van der Waals surface area (Å²) in [5.74, 6) is -0.146. The molecule has 1 aromatic heterocycles. The molecule has 6 nitrogen and oxygen atoms in total. The second-order valence-corrected chi connectivity index (χ2v) is 6.84. The van der Waals surface area contributed by atoms with Gasteiger partial charge < -0.3 is 10.6 Å². The molecule has 2 heterocycles. The fraction of sp³-hybridized carbons (Fsp3) is 0.190. The molecule has 1 aliphatic heterocycles. The lowest BCUT2D eigenvalue weighted by Crippen LogP contribution is -2.16. The Morgan fingerprint density at radius 3 is 2.78 bits per heavy atom. The molecule has 0 spiro atoms. The first-order valence-electron chi connectivity index (χ1n) is 8.80. The van der Waals surface area contributed by atoms with Crippen molar-refractivity contribution in [3.05, 3.63) is 76.6 Å². The van der Waals surface area contributed by atoms with E-state index in [4.69, 9.17) is 0 Å². The molecule has 2 aromatic carbocycles. The van der Waals surface area contributed by atoms with Crippen LogP contribution in [0.5, 0.6) is 0 Å². The molecular formula is C21H20N4O2. The third kappa shape index (κ3) is 3.60. The maximum absolute atomic E-state index is 12.5. The zero-order valence-corrected chi connectivity index (χ0v) is 15.2. The minimum atomic E-state index is -0.185. The highest BCUT2D eigenvalue weighted by Crippen LogP contribution is 2.25. The van der Waals surface area contributed by atoms with E-state index in [-0.39, 0.29) is 11.8 Å². The summed E-state index contributed by atoms with van der Waals surface area (Å²) < 4.78 is 1.58. The van der Waals surface area contributed by atoms with E-state index in [0.717, 1.165) is 40.2 Å². The van der Waals surface area contributed by atoms with Crippen molar-refractivity contribution in [3.8, 4) is 0 Å². The number of carbonyl (C=O) groups is 2. The van der Waals surface area contributed by atoms with E-state index in [1.807, 2.05) is 49.4 Å². The van der Waals surface area contributed by atoms with Crippen LogP contribution in [0.1, 0.15) is 32.9 Å². The summed E-state index contributed by atoms with van der Waals surface area (Å²) in [7, 11) is 1.75. The van der Waals surface area contributed by atoms with Crippen LogP contribution in [-0.2, 0) is 24.7 Å². The van der Waals surface area contributed by atoms with Crippen LogP contribution in [0.3, 0.4) is 0 Å². The zero-order valence-electron chi connectivity index (χ0n) is 15.2. The Morgan fingerprint density at radius 2 is 2.00 bits per heavy atom. The number of anilines is 2. The van der Waals surface area contributed by atoms with Crippen LogP contribution in [0, 0.1) is 6.92 Å². The summed E-state index contributed by atoms with van der Waals surface area (Å²) in [6.45, 7) is 1.86. The van der Waals surface area contributed by atoms with Crippen LogP contribution >= 0.6 is 0 Å².